The van der Waals surface area contributed by atoms with Crippen LogP contribution in [0.15, 0.2) is 0 Å². The van der Waals surface area contributed by atoms with Gasteiger partial charge in [0.1, 0.15) is 0 Å². The second-order valence-electron chi connectivity index (χ2n) is 5.54. The number of hydrogen-bond donors (Lipinski definition) is 2. The van der Waals surface area contributed by atoms with E-state index in [0.29, 0.717) is 23.4 Å². The van der Waals surface area contributed by atoms with Crippen molar-refractivity contribution in [3.05, 3.63) is 16.3 Å². The summed E-state index contributed by atoms with van der Waals surface area (Å²) in [6, 6.07) is 0. The van der Waals surface area contributed by atoms with Crippen molar-refractivity contribution in [2.45, 2.75) is 46.6 Å². The smallest absolute Gasteiger partial charge is 0.155 e. The fourth-order valence-corrected chi connectivity index (χ4v) is 2.15. The molecule has 1 rings (SSSR count). The van der Waals surface area contributed by atoms with Gasteiger partial charge in [0.15, 0.2) is 11.0 Å². The van der Waals surface area contributed by atoms with Crippen molar-refractivity contribution in [1.29, 1.82) is 0 Å². The number of halogens is 1. The van der Waals surface area contributed by atoms with Crippen molar-refractivity contribution >= 4 is 17.4 Å². The van der Waals surface area contributed by atoms with Crippen LogP contribution in [0.3, 0.4) is 0 Å². The first-order valence-electron chi connectivity index (χ1n) is 6.18. The highest BCUT2D eigenvalue weighted by atomic mass is 35.5. The van der Waals surface area contributed by atoms with E-state index in [9.17, 15) is 5.11 Å². The maximum atomic E-state index is 10.2. The Kier molecular flexibility index (Phi) is 4.93. The zero-order valence-electron chi connectivity index (χ0n) is 11.7. The van der Waals surface area contributed by atoms with Crippen molar-refractivity contribution in [1.82, 2.24) is 10.2 Å². The summed E-state index contributed by atoms with van der Waals surface area (Å²) in [5.74, 6) is 1.13. The van der Waals surface area contributed by atoms with Gasteiger partial charge in [-0.3, -0.25) is 0 Å². The molecule has 0 saturated heterocycles. The van der Waals surface area contributed by atoms with E-state index in [0.717, 1.165) is 17.5 Å². The number of hydrogen-bond acceptors (Lipinski definition) is 4. The number of anilines is 1. The van der Waals surface area contributed by atoms with Gasteiger partial charge in [0.25, 0.3) is 0 Å². The summed E-state index contributed by atoms with van der Waals surface area (Å²) in [7, 11) is 0. The van der Waals surface area contributed by atoms with Crippen LogP contribution in [0.5, 0.6) is 0 Å². The topological polar surface area (TPSA) is 58.0 Å². The molecule has 0 fully saturated rings. The second-order valence-corrected chi connectivity index (χ2v) is 5.90. The van der Waals surface area contributed by atoms with Crippen LogP contribution >= 0.6 is 11.6 Å². The van der Waals surface area contributed by atoms with Gasteiger partial charge >= 0.3 is 0 Å². The molecule has 1 aromatic rings. The molecule has 0 aliphatic heterocycles. The number of aromatic nitrogens is 2. The Hall–Kier alpha value is -0.870. The molecule has 0 spiro atoms. The molecule has 0 amide bonds. The van der Waals surface area contributed by atoms with Gasteiger partial charge in [-0.05, 0) is 44.2 Å². The van der Waals surface area contributed by atoms with Crippen LogP contribution in [0.1, 0.15) is 38.3 Å². The zero-order valence-corrected chi connectivity index (χ0v) is 12.5. The van der Waals surface area contributed by atoms with E-state index < -0.39 is 5.60 Å². The highest BCUT2D eigenvalue weighted by Gasteiger charge is 2.22. The largest absolute Gasteiger partial charge is 0.388 e. The second kappa shape index (κ2) is 5.85. The minimum absolute atomic E-state index is 0.423. The van der Waals surface area contributed by atoms with Gasteiger partial charge in [0, 0.05) is 6.54 Å². The Morgan fingerprint density at radius 3 is 2.44 bits per heavy atom. The molecule has 102 valence electrons. The molecule has 1 atom stereocenters. The fourth-order valence-electron chi connectivity index (χ4n) is 1.97. The summed E-state index contributed by atoms with van der Waals surface area (Å²) in [5.41, 5.74) is 1.13. The number of rotatable bonds is 5. The zero-order chi connectivity index (χ0) is 13.9. The lowest BCUT2D eigenvalue weighted by Crippen LogP contribution is -2.35. The van der Waals surface area contributed by atoms with E-state index in [1.807, 2.05) is 20.8 Å². The van der Waals surface area contributed by atoms with Crippen molar-refractivity contribution in [2.75, 3.05) is 11.9 Å². The van der Waals surface area contributed by atoms with Crippen LogP contribution in [0, 0.1) is 19.8 Å². The molecule has 0 saturated carbocycles. The third-order valence-electron chi connectivity index (χ3n) is 2.95. The SMILES string of the molecule is Cc1c(Cl)nnc(NCC(C)(O)CC(C)C)c1C. The van der Waals surface area contributed by atoms with Crippen LogP contribution in [0.25, 0.3) is 0 Å². The molecular weight excluding hydrogens is 250 g/mol. The van der Waals surface area contributed by atoms with Crippen molar-refractivity contribution in [2.24, 2.45) is 5.92 Å². The molecule has 1 heterocycles. The lowest BCUT2D eigenvalue weighted by molar-refractivity contribution is 0.0514. The average Bonchev–Trinajstić information content (AvgIpc) is 2.23. The Morgan fingerprint density at radius 1 is 1.28 bits per heavy atom. The standard InChI is InChI=1S/C13H22ClN3O/c1-8(2)6-13(5,18)7-15-12-10(4)9(3)11(14)16-17-12/h8,18H,6-7H2,1-5H3,(H,15,17). The van der Waals surface area contributed by atoms with Gasteiger partial charge in [-0.15, -0.1) is 10.2 Å². The lowest BCUT2D eigenvalue weighted by Gasteiger charge is -2.26. The third kappa shape index (κ3) is 4.10. The number of aliphatic hydroxyl groups is 1. The van der Waals surface area contributed by atoms with E-state index >= 15 is 0 Å². The quantitative estimate of drug-likeness (QED) is 0.864. The first-order valence-corrected chi connectivity index (χ1v) is 6.56. The van der Waals surface area contributed by atoms with Gasteiger partial charge in [0.05, 0.1) is 5.60 Å². The van der Waals surface area contributed by atoms with Crippen LogP contribution in [0.2, 0.25) is 5.15 Å². The monoisotopic (exact) mass is 271 g/mol. The molecule has 0 aliphatic rings. The van der Waals surface area contributed by atoms with Gasteiger partial charge < -0.3 is 10.4 Å². The Morgan fingerprint density at radius 2 is 1.89 bits per heavy atom. The summed E-state index contributed by atoms with van der Waals surface area (Å²) in [4.78, 5) is 0. The van der Waals surface area contributed by atoms with Gasteiger partial charge in [-0.1, -0.05) is 25.4 Å². The molecular formula is C13H22ClN3O. The Labute approximate surface area is 114 Å². The number of nitrogens with zero attached hydrogens (tertiary/aromatic N) is 2. The third-order valence-corrected chi connectivity index (χ3v) is 3.31. The van der Waals surface area contributed by atoms with Crippen LogP contribution < -0.4 is 5.32 Å². The van der Waals surface area contributed by atoms with E-state index in [-0.39, 0.29) is 0 Å². The van der Waals surface area contributed by atoms with E-state index in [2.05, 4.69) is 29.4 Å². The molecule has 2 N–H and O–H groups in total. The Balaban J connectivity index is 2.72. The highest BCUT2D eigenvalue weighted by Crippen LogP contribution is 2.22. The molecule has 5 heteroatoms. The maximum absolute atomic E-state index is 10.2. The molecule has 0 aromatic carbocycles. The summed E-state index contributed by atoms with van der Waals surface area (Å²) >= 11 is 5.89. The van der Waals surface area contributed by atoms with E-state index in [1.165, 1.54) is 0 Å². The summed E-state index contributed by atoms with van der Waals surface area (Å²) in [6.45, 7) is 10.3. The van der Waals surface area contributed by atoms with Gasteiger partial charge in [0.2, 0.25) is 0 Å². The van der Waals surface area contributed by atoms with Crippen molar-refractivity contribution in [3.8, 4) is 0 Å². The van der Waals surface area contributed by atoms with Crippen LogP contribution in [0.4, 0.5) is 5.82 Å². The summed E-state index contributed by atoms with van der Waals surface area (Å²) < 4.78 is 0. The molecule has 0 aliphatic carbocycles. The first-order chi connectivity index (χ1) is 8.23. The summed E-state index contributed by atoms with van der Waals surface area (Å²) in [6.07, 6.45) is 0.735. The van der Waals surface area contributed by atoms with Crippen molar-refractivity contribution < 1.29 is 5.11 Å². The van der Waals surface area contributed by atoms with Gasteiger partial charge in [-0.25, -0.2) is 0 Å². The molecule has 4 nitrogen and oxygen atoms in total. The predicted molar refractivity (Wildman–Crippen MR) is 75.1 cm³/mol. The molecule has 0 radical (unpaired) electrons. The fraction of sp³-hybridized carbons (Fsp3) is 0.692. The highest BCUT2D eigenvalue weighted by molar-refractivity contribution is 6.30. The average molecular weight is 272 g/mol. The molecule has 1 unspecified atom stereocenters. The lowest BCUT2D eigenvalue weighted by atomic mass is 9.94. The first kappa shape index (κ1) is 15.2. The number of nitrogens with one attached hydrogen (secondary N) is 1. The minimum atomic E-state index is -0.754. The van der Waals surface area contributed by atoms with Crippen LogP contribution in [-0.4, -0.2) is 27.4 Å². The normalized spacial score (nSPS) is 14.7. The van der Waals surface area contributed by atoms with E-state index in [1.54, 1.807) is 0 Å². The van der Waals surface area contributed by atoms with Crippen LogP contribution in [-0.2, 0) is 0 Å². The van der Waals surface area contributed by atoms with E-state index in [4.69, 9.17) is 11.6 Å². The minimum Gasteiger partial charge on any atom is -0.388 e. The predicted octanol–water partition coefficient (Wildman–Crippen LogP) is 2.96. The molecule has 18 heavy (non-hydrogen) atoms. The van der Waals surface area contributed by atoms with Gasteiger partial charge in [-0.2, -0.15) is 0 Å². The Bertz CT molecular complexity index is 419. The molecule has 0 bridgehead atoms. The van der Waals surface area contributed by atoms with Crippen molar-refractivity contribution in [3.63, 3.8) is 0 Å². The summed E-state index contributed by atoms with van der Waals surface area (Å²) in [5, 5.41) is 21.7. The maximum Gasteiger partial charge on any atom is 0.155 e. The molecule has 1 aromatic heterocycles.